The van der Waals surface area contributed by atoms with Crippen LogP contribution in [-0.2, 0) is 20.9 Å². The van der Waals surface area contributed by atoms with Gasteiger partial charge >= 0.3 is 5.97 Å². The number of anilines is 1. The second kappa shape index (κ2) is 13.5. The van der Waals surface area contributed by atoms with Crippen LogP contribution in [0.1, 0.15) is 18.1 Å². The number of hydrogen-bond acceptors (Lipinski definition) is 5. The van der Waals surface area contributed by atoms with E-state index in [1.54, 1.807) is 72.8 Å². The smallest absolute Gasteiger partial charge is 0.331 e. The Kier molecular flexibility index (Phi) is 9.62. The first kappa shape index (κ1) is 27.8. The number of amides is 1. The lowest BCUT2D eigenvalue weighted by Gasteiger charge is -2.13. The zero-order valence-electron chi connectivity index (χ0n) is 21.0. The van der Waals surface area contributed by atoms with Gasteiger partial charge in [-0.1, -0.05) is 59.6 Å². The lowest BCUT2D eigenvalue weighted by atomic mass is 10.2. The van der Waals surface area contributed by atoms with E-state index in [9.17, 15) is 9.59 Å². The zero-order valence-corrected chi connectivity index (χ0v) is 22.5. The van der Waals surface area contributed by atoms with Crippen molar-refractivity contribution in [2.75, 3.05) is 5.32 Å². The van der Waals surface area contributed by atoms with E-state index in [0.29, 0.717) is 38.5 Å². The second-order valence-electron chi connectivity index (χ2n) is 8.40. The summed E-state index contributed by atoms with van der Waals surface area (Å²) in [7, 11) is 0. The molecule has 0 aliphatic rings. The molecule has 0 saturated heterocycles. The summed E-state index contributed by atoms with van der Waals surface area (Å²) in [6, 6.07) is 28.7. The van der Waals surface area contributed by atoms with Crippen LogP contribution < -0.4 is 14.8 Å². The Morgan fingerprint density at radius 2 is 1.41 bits per heavy atom. The normalized spacial score (nSPS) is 11.6. The van der Waals surface area contributed by atoms with E-state index in [2.05, 4.69) is 5.32 Å². The summed E-state index contributed by atoms with van der Waals surface area (Å²) in [6.07, 6.45) is 1.86. The minimum absolute atomic E-state index is 0.228. The number of nitrogens with one attached hydrogen (secondary N) is 1. The van der Waals surface area contributed by atoms with Gasteiger partial charge in [-0.15, -0.1) is 0 Å². The van der Waals surface area contributed by atoms with Crippen LogP contribution in [0.15, 0.2) is 103 Å². The van der Waals surface area contributed by atoms with Crippen LogP contribution in [0.3, 0.4) is 0 Å². The minimum atomic E-state index is -0.991. The largest absolute Gasteiger partial charge is 0.489 e. The summed E-state index contributed by atoms with van der Waals surface area (Å²) in [5, 5.41) is 3.80. The van der Waals surface area contributed by atoms with Crippen molar-refractivity contribution in [3.63, 3.8) is 0 Å². The molecule has 0 aromatic heterocycles. The number of esters is 1. The van der Waals surface area contributed by atoms with Crippen LogP contribution in [0.2, 0.25) is 10.0 Å². The van der Waals surface area contributed by atoms with Gasteiger partial charge in [0.25, 0.3) is 5.91 Å². The molecule has 6 nitrogen and oxygen atoms in total. The molecule has 4 aromatic rings. The maximum absolute atomic E-state index is 12.5. The van der Waals surface area contributed by atoms with Crippen LogP contribution in [-0.4, -0.2) is 18.0 Å². The van der Waals surface area contributed by atoms with Gasteiger partial charge in [0.1, 0.15) is 23.9 Å². The van der Waals surface area contributed by atoms with Crippen LogP contribution in [0.25, 0.3) is 6.08 Å². The molecule has 4 rings (SSSR count). The molecule has 1 N–H and O–H groups in total. The summed E-state index contributed by atoms with van der Waals surface area (Å²) in [5.41, 5.74) is 2.02. The molecule has 0 aliphatic carbocycles. The molecular weight excluding hydrogens is 537 g/mol. The van der Waals surface area contributed by atoms with E-state index in [1.807, 2.05) is 30.3 Å². The number of benzene rings is 4. The Labute approximate surface area is 236 Å². The summed E-state index contributed by atoms with van der Waals surface area (Å²) >= 11 is 12.3. The van der Waals surface area contributed by atoms with Gasteiger partial charge in [0, 0.05) is 27.4 Å². The van der Waals surface area contributed by atoms with Crippen molar-refractivity contribution >= 4 is 46.8 Å². The average Bonchev–Trinajstić information content (AvgIpc) is 2.94. The summed E-state index contributed by atoms with van der Waals surface area (Å²) in [5.74, 6) is 0.876. The number of carbonyl (C=O) groups is 2. The standard InChI is InChI=1S/C31H25Cl2NO5/c1-21(31(36)34-23-13-17-26(18-14-23)39-25-6-3-2-4-7-25)38-30(35)19-12-22-10-15-24(16-11-22)37-20-27-28(32)8-5-9-29(27)33/h2-19,21H,20H2,1H3,(H,34,36). The van der Waals surface area contributed by atoms with Gasteiger partial charge < -0.3 is 19.5 Å². The van der Waals surface area contributed by atoms with Crippen LogP contribution in [0.4, 0.5) is 5.69 Å². The minimum Gasteiger partial charge on any atom is -0.489 e. The predicted octanol–water partition coefficient (Wildman–Crippen LogP) is 7.95. The molecule has 4 aromatic carbocycles. The molecule has 0 radical (unpaired) electrons. The lowest BCUT2D eigenvalue weighted by Crippen LogP contribution is -2.29. The Hall–Kier alpha value is -4.26. The van der Waals surface area contributed by atoms with Crippen molar-refractivity contribution in [3.05, 3.63) is 124 Å². The molecule has 0 bridgehead atoms. The Balaban J connectivity index is 1.23. The molecule has 198 valence electrons. The Bertz CT molecular complexity index is 1420. The zero-order chi connectivity index (χ0) is 27.6. The first-order chi connectivity index (χ1) is 18.9. The fourth-order valence-electron chi connectivity index (χ4n) is 3.41. The van der Waals surface area contributed by atoms with Gasteiger partial charge in [-0.3, -0.25) is 4.79 Å². The number of ether oxygens (including phenoxy) is 3. The molecular formula is C31H25Cl2NO5. The molecule has 0 aliphatic heterocycles. The predicted molar refractivity (Wildman–Crippen MR) is 153 cm³/mol. The second-order valence-corrected chi connectivity index (χ2v) is 9.21. The fourth-order valence-corrected chi connectivity index (χ4v) is 3.91. The van der Waals surface area contributed by atoms with E-state index in [4.69, 9.17) is 37.4 Å². The van der Waals surface area contributed by atoms with E-state index >= 15 is 0 Å². The number of carbonyl (C=O) groups excluding carboxylic acids is 2. The summed E-state index contributed by atoms with van der Waals surface area (Å²) in [4.78, 5) is 24.7. The molecule has 0 fully saturated rings. The molecule has 0 saturated carbocycles. The number of rotatable bonds is 10. The Morgan fingerprint density at radius 1 is 0.795 bits per heavy atom. The highest BCUT2D eigenvalue weighted by atomic mass is 35.5. The van der Waals surface area contributed by atoms with Gasteiger partial charge in [-0.2, -0.15) is 0 Å². The van der Waals surface area contributed by atoms with Gasteiger partial charge in [-0.25, -0.2) is 4.79 Å². The van der Waals surface area contributed by atoms with Crippen molar-refractivity contribution in [2.45, 2.75) is 19.6 Å². The number of hydrogen-bond donors (Lipinski definition) is 1. The SMILES string of the molecule is CC(OC(=O)C=Cc1ccc(OCc2c(Cl)cccc2Cl)cc1)C(=O)Nc1ccc(Oc2ccccc2)cc1. The molecule has 1 amide bonds. The highest BCUT2D eigenvalue weighted by Crippen LogP contribution is 2.26. The average molecular weight is 562 g/mol. The van der Waals surface area contributed by atoms with Gasteiger partial charge in [0.15, 0.2) is 6.10 Å². The topological polar surface area (TPSA) is 73.9 Å². The molecule has 1 unspecified atom stereocenters. The van der Waals surface area contributed by atoms with Crippen molar-refractivity contribution in [1.82, 2.24) is 0 Å². The highest BCUT2D eigenvalue weighted by Gasteiger charge is 2.17. The van der Waals surface area contributed by atoms with Crippen molar-refractivity contribution < 1.29 is 23.8 Å². The monoisotopic (exact) mass is 561 g/mol. The van der Waals surface area contributed by atoms with Crippen LogP contribution in [0, 0.1) is 0 Å². The molecule has 39 heavy (non-hydrogen) atoms. The molecule has 0 spiro atoms. The van der Waals surface area contributed by atoms with E-state index in [1.165, 1.54) is 13.0 Å². The summed E-state index contributed by atoms with van der Waals surface area (Å²) < 4.78 is 16.7. The maximum atomic E-state index is 12.5. The third-order valence-corrected chi connectivity index (χ3v) is 6.21. The van der Waals surface area contributed by atoms with E-state index in [0.717, 1.165) is 5.56 Å². The third kappa shape index (κ3) is 8.37. The highest BCUT2D eigenvalue weighted by molar-refractivity contribution is 6.35. The maximum Gasteiger partial charge on any atom is 0.331 e. The van der Waals surface area contributed by atoms with Crippen LogP contribution in [0.5, 0.6) is 17.2 Å². The first-order valence-corrected chi connectivity index (χ1v) is 12.8. The molecule has 0 heterocycles. The first-order valence-electron chi connectivity index (χ1n) is 12.1. The van der Waals surface area contributed by atoms with Gasteiger partial charge in [0.05, 0.1) is 0 Å². The van der Waals surface area contributed by atoms with Crippen molar-refractivity contribution in [3.8, 4) is 17.2 Å². The van der Waals surface area contributed by atoms with Gasteiger partial charge in [-0.05, 0) is 79.2 Å². The van der Waals surface area contributed by atoms with Gasteiger partial charge in [0.2, 0.25) is 0 Å². The van der Waals surface area contributed by atoms with Crippen molar-refractivity contribution in [1.29, 1.82) is 0 Å². The Morgan fingerprint density at radius 3 is 2.08 bits per heavy atom. The third-order valence-electron chi connectivity index (χ3n) is 5.50. The van der Waals surface area contributed by atoms with Crippen molar-refractivity contribution in [2.24, 2.45) is 0 Å². The number of para-hydroxylation sites is 1. The van der Waals surface area contributed by atoms with Crippen LogP contribution >= 0.6 is 23.2 Å². The molecule has 1 atom stereocenters. The fraction of sp³-hybridized carbons (Fsp3) is 0.0968. The number of halogens is 2. The lowest BCUT2D eigenvalue weighted by molar-refractivity contribution is -0.148. The van der Waals surface area contributed by atoms with E-state index < -0.39 is 18.0 Å². The molecule has 8 heteroatoms. The quantitative estimate of drug-likeness (QED) is 0.157. The van der Waals surface area contributed by atoms with E-state index in [-0.39, 0.29) is 6.61 Å². The summed E-state index contributed by atoms with van der Waals surface area (Å²) in [6.45, 7) is 1.73.